The van der Waals surface area contributed by atoms with Crippen molar-refractivity contribution < 1.29 is 9.84 Å². The molecule has 0 saturated carbocycles. The van der Waals surface area contributed by atoms with Gasteiger partial charge in [0.25, 0.3) is 0 Å². The van der Waals surface area contributed by atoms with Crippen molar-refractivity contribution in [2.45, 2.75) is 6.61 Å². The van der Waals surface area contributed by atoms with Crippen molar-refractivity contribution in [1.82, 2.24) is 19.7 Å². The van der Waals surface area contributed by atoms with Crippen LogP contribution in [-0.2, 0) is 13.7 Å². The highest BCUT2D eigenvalue weighted by Gasteiger charge is 2.13. The Labute approximate surface area is 154 Å². The van der Waals surface area contributed by atoms with Gasteiger partial charge in [-0.15, -0.1) is 0 Å². The van der Waals surface area contributed by atoms with Crippen LogP contribution < -0.4 is 4.74 Å². The molecule has 1 N–H and O–H groups in total. The summed E-state index contributed by atoms with van der Waals surface area (Å²) in [5.74, 6) is 0.733. The molecule has 0 radical (unpaired) electrons. The molecule has 0 aliphatic carbocycles. The summed E-state index contributed by atoms with van der Waals surface area (Å²) in [5, 5.41) is 14.4. The number of hydrogen-bond donors (Lipinski definition) is 1. The number of phenols is 1. The minimum Gasteiger partial charge on any atom is -0.508 e. The van der Waals surface area contributed by atoms with Crippen molar-refractivity contribution in [2.75, 3.05) is 0 Å². The highest BCUT2D eigenvalue weighted by molar-refractivity contribution is 6.29. The Kier molecular flexibility index (Phi) is 4.18. The molecule has 130 valence electrons. The Morgan fingerprint density at radius 1 is 1.15 bits per heavy atom. The zero-order chi connectivity index (χ0) is 18.1. The van der Waals surface area contributed by atoms with E-state index in [9.17, 15) is 5.11 Å². The van der Waals surface area contributed by atoms with Crippen LogP contribution >= 0.6 is 11.6 Å². The minimum atomic E-state index is 0.158. The topological polar surface area (TPSA) is 73.1 Å². The van der Waals surface area contributed by atoms with Crippen molar-refractivity contribution in [3.8, 4) is 22.6 Å². The molecule has 0 aliphatic heterocycles. The summed E-state index contributed by atoms with van der Waals surface area (Å²) in [4.78, 5) is 8.77. The maximum absolute atomic E-state index is 9.54. The van der Waals surface area contributed by atoms with Crippen LogP contribution in [0.4, 0.5) is 0 Å². The van der Waals surface area contributed by atoms with Crippen LogP contribution in [0.15, 0.2) is 54.9 Å². The number of aryl methyl sites for hydroxylation is 1. The van der Waals surface area contributed by atoms with E-state index in [1.807, 2.05) is 25.4 Å². The molecule has 0 saturated heterocycles. The van der Waals surface area contributed by atoms with Crippen molar-refractivity contribution in [1.29, 1.82) is 0 Å². The highest BCUT2D eigenvalue weighted by atomic mass is 35.5. The van der Waals surface area contributed by atoms with Crippen LogP contribution in [-0.4, -0.2) is 24.9 Å². The number of phenolic OH excluding ortho intramolecular Hbond substituents is 1. The number of nitrogens with zero attached hydrogens (tertiary/aromatic N) is 4. The normalized spacial score (nSPS) is 11.0. The molecule has 3 aromatic heterocycles. The monoisotopic (exact) mass is 366 g/mol. The fraction of sp³-hybridized carbons (Fsp3) is 0.105. The second-order valence-corrected chi connectivity index (χ2v) is 6.23. The van der Waals surface area contributed by atoms with Crippen LogP contribution in [0.5, 0.6) is 11.5 Å². The summed E-state index contributed by atoms with van der Waals surface area (Å²) in [5.41, 5.74) is 4.05. The average molecular weight is 367 g/mol. The third kappa shape index (κ3) is 3.32. The third-order valence-electron chi connectivity index (χ3n) is 3.91. The van der Waals surface area contributed by atoms with Crippen molar-refractivity contribution >= 4 is 22.6 Å². The van der Waals surface area contributed by atoms with Gasteiger partial charge in [0.1, 0.15) is 29.0 Å². The zero-order valence-electron chi connectivity index (χ0n) is 13.9. The van der Waals surface area contributed by atoms with Gasteiger partial charge >= 0.3 is 0 Å². The molecule has 6 nitrogen and oxygen atoms in total. The maximum atomic E-state index is 9.54. The fourth-order valence-corrected chi connectivity index (χ4v) is 2.89. The molecule has 4 aromatic rings. The summed E-state index contributed by atoms with van der Waals surface area (Å²) in [6.45, 7) is 0.265. The molecule has 0 atom stereocenters. The molecule has 7 heteroatoms. The largest absolute Gasteiger partial charge is 0.508 e. The number of pyridine rings is 2. The van der Waals surface area contributed by atoms with Gasteiger partial charge in [-0.1, -0.05) is 17.7 Å². The summed E-state index contributed by atoms with van der Waals surface area (Å²) in [7, 11) is 1.85. The number of rotatable bonds is 4. The van der Waals surface area contributed by atoms with Crippen molar-refractivity contribution in [3.63, 3.8) is 0 Å². The second kappa shape index (κ2) is 6.65. The lowest BCUT2D eigenvalue weighted by molar-refractivity contribution is 0.299. The quantitative estimate of drug-likeness (QED) is 0.553. The lowest BCUT2D eigenvalue weighted by atomic mass is 10.1. The number of ether oxygens (including phenoxy) is 1. The SMILES string of the molecule is Cn1cc(-c2cnc3ccc(Cl)nc3c2)c(COc2cccc(O)c2)n1. The zero-order valence-corrected chi connectivity index (χ0v) is 14.7. The Morgan fingerprint density at radius 3 is 2.88 bits per heavy atom. The molecule has 0 bridgehead atoms. The summed E-state index contributed by atoms with van der Waals surface area (Å²) in [6.07, 6.45) is 3.70. The molecule has 0 aliphatic rings. The number of aromatic hydroxyl groups is 1. The van der Waals surface area contributed by atoms with Gasteiger partial charge in [-0.3, -0.25) is 9.67 Å². The first-order valence-corrected chi connectivity index (χ1v) is 8.33. The Morgan fingerprint density at radius 2 is 2.04 bits per heavy atom. The fourth-order valence-electron chi connectivity index (χ4n) is 2.74. The summed E-state index contributed by atoms with van der Waals surface area (Å²) < 4.78 is 7.49. The molecule has 26 heavy (non-hydrogen) atoms. The maximum Gasteiger partial charge on any atom is 0.133 e. The highest BCUT2D eigenvalue weighted by Crippen LogP contribution is 2.27. The molecule has 0 spiro atoms. The average Bonchev–Trinajstić information content (AvgIpc) is 3.00. The minimum absolute atomic E-state index is 0.158. The molecule has 0 fully saturated rings. The first-order chi connectivity index (χ1) is 12.6. The van der Waals surface area contributed by atoms with Crippen LogP contribution in [0.25, 0.3) is 22.2 Å². The van der Waals surface area contributed by atoms with Crippen molar-refractivity contribution in [2.24, 2.45) is 7.05 Å². The molecule has 3 heterocycles. The standard InChI is InChI=1S/C19H15ClN4O2/c1-24-10-15(12-7-17-16(21-9-12)5-6-19(20)22-17)18(23-24)11-26-14-4-2-3-13(25)8-14/h2-10,25H,11H2,1H3. The predicted octanol–water partition coefficient (Wildman–Crippen LogP) is 3.97. The van der Waals surface area contributed by atoms with Gasteiger partial charge in [-0.25, -0.2) is 4.98 Å². The van der Waals surface area contributed by atoms with E-state index in [0.717, 1.165) is 27.9 Å². The lowest BCUT2D eigenvalue weighted by Crippen LogP contribution is -1.99. The molecule has 1 aromatic carbocycles. The lowest BCUT2D eigenvalue weighted by Gasteiger charge is -2.07. The van der Waals surface area contributed by atoms with Gasteiger partial charge in [-0.05, 0) is 30.3 Å². The van der Waals surface area contributed by atoms with E-state index < -0.39 is 0 Å². The molecule has 0 amide bonds. The van der Waals surface area contributed by atoms with Gasteiger partial charge < -0.3 is 9.84 Å². The number of benzene rings is 1. The van der Waals surface area contributed by atoms with Crippen LogP contribution in [0, 0.1) is 0 Å². The van der Waals surface area contributed by atoms with Gasteiger partial charge in [0.05, 0.1) is 11.0 Å². The number of halogens is 1. The van der Waals surface area contributed by atoms with E-state index in [-0.39, 0.29) is 12.4 Å². The smallest absolute Gasteiger partial charge is 0.133 e. The number of aromatic nitrogens is 4. The van der Waals surface area contributed by atoms with Crippen LogP contribution in [0.3, 0.4) is 0 Å². The molecule has 0 unspecified atom stereocenters. The van der Waals surface area contributed by atoms with Crippen LogP contribution in [0.1, 0.15) is 5.69 Å². The van der Waals surface area contributed by atoms with E-state index in [0.29, 0.717) is 10.9 Å². The first kappa shape index (κ1) is 16.4. The summed E-state index contributed by atoms with van der Waals surface area (Å²) >= 11 is 5.99. The van der Waals surface area contributed by atoms with Gasteiger partial charge in [-0.2, -0.15) is 5.10 Å². The molecule has 4 rings (SSSR count). The Balaban J connectivity index is 1.67. The number of fused-ring (bicyclic) bond motifs is 1. The van der Waals surface area contributed by atoms with Crippen LogP contribution in [0.2, 0.25) is 5.15 Å². The van der Waals surface area contributed by atoms with E-state index in [4.69, 9.17) is 16.3 Å². The van der Waals surface area contributed by atoms with E-state index in [2.05, 4.69) is 15.1 Å². The first-order valence-electron chi connectivity index (χ1n) is 7.95. The van der Waals surface area contributed by atoms with E-state index in [1.165, 1.54) is 0 Å². The Hall–Kier alpha value is -3.12. The van der Waals surface area contributed by atoms with Gasteiger partial charge in [0, 0.05) is 36.6 Å². The van der Waals surface area contributed by atoms with E-state index >= 15 is 0 Å². The second-order valence-electron chi connectivity index (χ2n) is 5.85. The van der Waals surface area contributed by atoms with Gasteiger partial charge in [0.2, 0.25) is 0 Å². The van der Waals surface area contributed by atoms with E-state index in [1.54, 1.807) is 41.2 Å². The number of hydrogen-bond acceptors (Lipinski definition) is 5. The summed E-state index contributed by atoms with van der Waals surface area (Å²) in [6, 6.07) is 12.2. The molecular weight excluding hydrogens is 352 g/mol. The Bertz CT molecular complexity index is 1090. The predicted molar refractivity (Wildman–Crippen MR) is 99.2 cm³/mol. The van der Waals surface area contributed by atoms with Gasteiger partial charge in [0.15, 0.2) is 0 Å². The molecular formula is C19H15ClN4O2. The third-order valence-corrected chi connectivity index (χ3v) is 4.12. The van der Waals surface area contributed by atoms with Crippen molar-refractivity contribution in [3.05, 3.63) is 65.7 Å².